The van der Waals surface area contributed by atoms with Gasteiger partial charge in [-0.05, 0) is 48.7 Å². The Bertz CT molecular complexity index is 925. The predicted octanol–water partition coefficient (Wildman–Crippen LogP) is 3.27. The zero-order chi connectivity index (χ0) is 18.6. The van der Waals surface area contributed by atoms with Crippen LogP contribution in [0.3, 0.4) is 0 Å². The van der Waals surface area contributed by atoms with E-state index < -0.39 is 0 Å². The van der Waals surface area contributed by atoms with Crippen LogP contribution in [0.15, 0.2) is 66.9 Å². The van der Waals surface area contributed by atoms with Gasteiger partial charge >= 0.3 is 0 Å². The van der Waals surface area contributed by atoms with E-state index in [0.717, 1.165) is 19.5 Å². The Labute approximate surface area is 157 Å². The van der Waals surface area contributed by atoms with Crippen molar-refractivity contribution in [2.24, 2.45) is 5.92 Å². The fourth-order valence-electron chi connectivity index (χ4n) is 3.41. The van der Waals surface area contributed by atoms with Crippen molar-refractivity contribution in [3.63, 3.8) is 0 Å². The molecule has 1 N–H and O–H groups in total. The summed E-state index contributed by atoms with van der Waals surface area (Å²) < 4.78 is 14.8. The SMILES string of the molecule is O=C(NC[C@H]1CCN(c2ccccc2)C1)c1ccn(-c2cccc(F)c2)n1. The molecule has 27 heavy (non-hydrogen) atoms. The predicted molar refractivity (Wildman–Crippen MR) is 103 cm³/mol. The van der Waals surface area contributed by atoms with Crippen LogP contribution in [-0.4, -0.2) is 35.3 Å². The van der Waals surface area contributed by atoms with Gasteiger partial charge in [-0.25, -0.2) is 9.07 Å². The molecule has 138 valence electrons. The highest BCUT2D eigenvalue weighted by Gasteiger charge is 2.23. The maximum atomic E-state index is 13.3. The highest BCUT2D eigenvalue weighted by atomic mass is 19.1. The van der Waals surface area contributed by atoms with Crippen LogP contribution in [0.1, 0.15) is 16.9 Å². The second-order valence-electron chi connectivity index (χ2n) is 6.77. The first kappa shape index (κ1) is 17.3. The van der Waals surface area contributed by atoms with E-state index in [1.54, 1.807) is 24.4 Å². The molecule has 6 heteroatoms. The summed E-state index contributed by atoms with van der Waals surface area (Å²) >= 11 is 0. The normalized spacial score (nSPS) is 16.5. The second-order valence-corrected chi connectivity index (χ2v) is 6.77. The molecule has 1 fully saturated rings. The zero-order valence-electron chi connectivity index (χ0n) is 14.9. The number of halogens is 1. The maximum Gasteiger partial charge on any atom is 0.271 e. The van der Waals surface area contributed by atoms with Crippen molar-refractivity contribution in [3.8, 4) is 5.69 Å². The number of hydrogen-bond acceptors (Lipinski definition) is 3. The summed E-state index contributed by atoms with van der Waals surface area (Å²) in [5.41, 5.74) is 2.14. The molecule has 3 aromatic rings. The Morgan fingerprint density at radius 2 is 1.93 bits per heavy atom. The maximum absolute atomic E-state index is 13.3. The topological polar surface area (TPSA) is 50.2 Å². The lowest BCUT2D eigenvalue weighted by Gasteiger charge is -2.18. The van der Waals surface area contributed by atoms with Crippen molar-refractivity contribution >= 4 is 11.6 Å². The first-order chi connectivity index (χ1) is 13.2. The van der Waals surface area contributed by atoms with Crippen LogP contribution in [0.5, 0.6) is 0 Å². The van der Waals surface area contributed by atoms with E-state index in [1.165, 1.54) is 22.5 Å². The number of carbonyl (C=O) groups excluding carboxylic acids is 1. The minimum atomic E-state index is -0.335. The average Bonchev–Trinajstić information content (AvgIpc) is 3.37. The van der Waals surface area contributed by atoms with Gasteiger partial charge < -0.3 is 10.2 Å². The molecule has 2 heterocycles. The van der Waals surface area contributed by atoms with E-state index in [1.807, 2.05) is 18.2 Å². The molecule has 0 bridgehead atoms. The van der Waals surface area contributed by atoms with Crippen LogP contribution in [0.25, 0.3) is 5.69 Å². The third-order valence-electron chi connectivity index (χ3n) is 4.85. The van der Waals surface area contributed by atoms with E-state index in [0.29, 0.717) is 23.8 Å². The van der Waals surface area contributed by atoms with E-state index in [2.05, 4.69) is 27.4 Å². The van der Waals surface area contributed by atoms with Gasteiger partial charge in [0.1, 0.15) is 5.82 Å². The van der Waals surface area contributed by atoms with E-state index in [4.69, 9.17) is 0 Å². The summed E-state index contributed by atoms with van der Waals surface area (Å²) in [6.45, 7) is 2.55. The molecule has 1 aliphatic heterocycles. The summed E-state index contributed by atoms with van der Waals surface area (Å²) in [6, 6.07) is 18.1. The number of nitrogens with one attached hydrogen (secondary N) is 1. The lowest BCUT2D eigenvalue weighted by molar-refractivity contribution is 0.0943. The van der Waals surface area contributed by atoms with E-state index in [9.17, 15) is 9.18 Å². The first-order valence-corrected chi connectivity index (χ1v) is 9.09. The lowest BCUT2D eigenvalue weighted by Crippen LogP contribution is -2.31. The number of benzene rings is 2. The molecule has 1 aliphatic rings. The Hall–Kier alpha value is -3.15. The van der Waals surface area contributed by atoms with Crippen LogP contribution >= 0.6 is 0 Å². The molecule has 1 amide bonds. The van der Waals surface area contributed by atoms with E-state index >= 15 is 0 Å². The molecule has 0 unspecified atom stereocenters. The average molecular weight is 364 g/mol. The standard InChI is InChI=1S/C21H21FN4O/c22-17-5-4-8-19(13-17)26-12-10-20(24-26)21(27)23-14-16-9-11-25(15-16)18-6-2-1-3-7-18/h1-8,10,12-13,16H,9,11,14-15H2,(H,23,27)/t16-/m1/s1. The number of carbonyl (C=O) groups is 1. The largest absolute Gasteiger partial charge is 0.371 e. The minimum absolute atomic E-state index is 0.205. The molecular formula is C21H21FN4O. The van der Waals surface area contributed by atoms with Gasteiger partial charge in [-0.3, -0.25) is 4.79 Å². The molecule has 0 aliphatic carbocycles. The summed E-state index contributed by atoms with van der Waals surface area (Å²) in [5, 5.41) is 7.23. The van der Waals surface area contributed by atoms with Crippen LogP contribution in [0, 0.1) is 11.7 Å². The Morgan fingerprint density at radius 1 is 1.11 bits per heavy atom. The number of para-hydroxylation sites is 1. The molecule has 0 radical (unpaired) electrons. The molecule has 0 spiro atoms. The van der Waals surface area contributed by atoms with Gasteiger partial charge in [0.2, 0.25) is 0 Å². The van der Waals surface area contributed by atoms with Crippen LogP contribution in [-0.2, 0) is 0 Å². The number of hydrogen-bond donors (Lipinski definition) is 1. The summed E-state index contributed by atoms with van der Waals surface area (Å²) in [5.74, 6) is -0.124. The molecule has 2 aromatic carbocycles. The fourth-order valence-corrected chi connectivity index (χ4v) is 3.41. The van der Waals surface area contributed by atoms with Gasteiger partial charge in [0.05, 0.1) is 5.69 Å². The van der Waals surface area contributed by atoms with Gasteiger partial charge in [0.15, 0.2) is 5.69 Å². The first-order valence-electron chi connectivity index (χ1n) is 9.09. The van der Waals surface area contributed by atoms with E-state index in [-0.39, 0.29) is 11.7 Å². The third-order valence-corrected chi connectivity index (χ3v) is 4.85. The minimum Gasteiger partial charge on any atom is -0.371 e. The van der Waals surface area contributed by atoms with Crippen LogP contribution < -0.4 is 10.2 Å². The monoisotopic (exact) mass is 364 g/mol. The molecule has 1 saturated heterocycles. The van der Waals surface area contributed by atoms with Gasteiger partial charge in [-0.15, -0.1) is 0 Å². The van der Waals surface area contributed by atoms with Crippen molar-refractivity contribution < 1.29 is 9.18 Å². The van der Waals surface area contributed by atoms with Crippen molar-refractivity contribution in [2.45, 2.75) is 6.42 Å². The number of aromatic nitrogens is 2. The van der Waals surface area contributed by atoms with Crippen molar-refractivity contribution in [3.05, 3.63) is 78.4 Å². The van der Waals surface area contributed by atoms with Crippen molar-refractivity contribution in [1.29, 1.82) is 0 Å². The Balaban J connectivity index is 1.33. The van der Waals surface area contributed by atoms with Crippen molar-refractivity contribution in [1.82, 2.24) is 15.1 Å². The van der Waals surface area contributed by atoms with Crippen LogP contribution in [0.4, 0.5) is 10.1 Å². The van der Waals surface area contributed by atoms with Crippen LogP contribution in [0.2, 0.25) is 0 Å². The lowest BCUT2D eigenvalue weighted by atomic mass is 10.1. The van der Waals surface area contributed by atoms with Gasteiger partial charge in [0.25, 0.3) is 5.91 Å². The van der Waals surface area contributed by atoms with Crippen molar-refractivity contribution in [2.75, 3.05) is 24.5 Å². The number of anilines is 1. The highest BCUT2D eigenvalue weighted by molar-refractivity contribution is 5.92. The molecule has 5 nitrogen and oxygen atoms in total. The van der Waals surface area contributed by atoms with Gasteiger partial charge in [0, 0.05) is 31.5 Å². The Kier molecular flexibility index (Phi) is 4.87. The second kappa shape index (κ2) is 7.61. The fraction of sp³-hybridized carbons (Fsp3) is 0.238. The summed E-state index contributed by atoms with van der Waals surface area (Å²) in [4.78, 5) is 14.7. The highest BCUT2D eigenvalue weighted by Crippen LogP contribution is 2.23. The summed E-state index contributed by atoms with van der Waals surface area (Å²) in [7, 11) is 0. The molecule has 1 aromatic heterocycles. The summed E-state index contributed by atoms with van der Waals surface area (Å²) in [6.07, 6.45) is 2.71. The zero-order valence-corrected chi connectivity index (χ0v) is 14.9. The molecule has 1 atom stereocenters. The van der Waals surface area contributed by atoms with Gasteiger partial charge in [-0.2, -0.15) is 5.10 Å². The molecule has 0 saturated carbocycles. The number of rotatable bonds is 5. The smallest absolute Gasteiger partial charge is 0.271 e. The molecule has 4 rings (SSSR count). The number of nitrogens with zero attached hydrogens (tertiary/aromatic N) is 3. The number of amides is 1. The molecular weight excluding hydrogens is 343 g/mol. The quantitative estimate of drug-likeness (QED) is 0.756. The van der Waals surface area contributed by atoms with Gasteiger partial charge in [-0.1, -0.05) is 24.3 Å². The third kappa shape index (κ3) is 4.00. The Morgan fingerprint density at radius 3 is 2.74 bits per heavy atom.